The Kier molecular flexibility index (Phi) is 24.0. The molecule has 0 aliphatic heterocycles. The molecular formula is C31H56N2O13. The monoisotopic (exact) mass is 664 g/mol. The van der Waals surface area contributed by atoms with E-state index in [0.717, 1.165) is 0 Å². The molecule has 5 atom stereocenters. The minimum absolute atomic E-state index is 0.0300. The van der Waals surface area contributed by atoms with Crippen LogP contribution in [0.15, 0.2) is 22.7 Å². The first-order valence-corrected chi connectivity index (χ1v) is 15.8. The molecule has 15 nitrogen and oxygen atoms in total. The molecule has 268 valence electrons. The molecule has 10 N–H and O–H groups in total. The van der Waals surface area contributed by atoms with Crippen LogP contribution in [0.2, 0.25) is 0 Å². The molecule has 0 saturated heterocycles. The SMILES string of the molecule is CC(=O)C(CCCCNC(=O)CCCCOC(O)/C(C)=C(/O)C(O)CCO)NC(=O)CCCCOC(O)/C(C)=C(/O)C(O)CCO. The van der Waals surface area contributed by atoms with Crippen LogP contribution in [0.3, 0.4) is 0 Å². The summed E-state index contributed by atoms with van der Waals surface area (Å²) in [6.07, 6.45) is -1.74. The number of hydrogen-bond acceptors (Lipinski definition) is 13. The molecule has 0 radical (unpaired) electrons. The fourth-order valence-corrected chi connectivity index (χ4v) is 4.15. The Morgan fingerprint density at radius 3 is 1.52 bits per heavy atom. The molecule has 15 heteroatoms. The van der Waals surface area contributed by atoms with E-state index in [1.807, 2.05) is 0 Å². The summed E-state index contributed by atoms with van der Waals surface area (Å²) in [5.74, 6) is -1.54. The van der Waals surface area contributed by atoms with E-state index >= 15 is 0 Å². The number of aliphatic hydroxyl groups is 8. The van der Waals surface area contributed by atoms with Gasteiger partial charge in [0.1, 0.15) is 23.7 Å². The Labute approximate surface area is 270 Å². The number of ether oxygens (including phenoxy) is 2. The summed E-state index contributed by atoms with van der Waals surface area (Å²) >= 11 is 0. The maximum Gasteiger partial charge on any atom is 0.220 e. The molecule has 0 saturated carbocycles. The lowest BCUT2D eigenvalue weighted by Gasteiger charge is -2.17. The molecule has 0 aromatic rings. The average Bonchev–Trinajstić information content (AvgIpc) is 3.01. The van der Waals surface area contributed by atoms with Crippen molar-refractivity contribution in [1.82, 2.24) is 10.6 Å². The van der Waals surface area contributed by atoms with Crippen molar-refractivity contribution in [3.8, 4) is 0 Å². The van der Waals surface area contributed by atoms with Gasteiger partial charge < -0.3 is 61.0 Å². The smallest absolute Gasteiger partial charge is 0.220 e. The van der Waals surface area contributed by atoms with Crippen molar-refractivity contribution in [2.24, 2.45) is 0 Å². The van der Waals surface area contributed by atoms with E-state index in [1.165, 1.54) is 20.8 Å². The third kappa shape index (κ3) is 19.1. The fraction of sp³-hybridized carbons (Fsp3) is 0.774. The van der Waals surface area contributed by atoms with Crippen LogP contribution in [0.1, 0.15) is 91.4 Å². The summed E-state index contributed by atoms with van der Waals surface area (Å²) in [5, 5.41) is 82.2. The Morgan fingerprint density at radius 1 is 0.630 bits per heavy atom. The fourth-order valence-electron chi connectivity index (χ4n) is 4.15. The number of carbonyl (C=O) groups excluding carboxylic acids is 3. The Balaban J connectivity index is 4.16. The standard InChI is InChI=1S/C31H56N2O13/c1-20(28(41)24(37)13-16-34)30(43)45-18-8-5-11-26(39)32-15-7-4-10-23(22(3)36)33-27(40)12-6-9-19-46-31(44)21(2)29(42)25(38)14-17-35/h23-25,30-31,34-35,37-38,41-44H,4-19H2,1-3H3,(H,32,39)(H,33,40)/b28-20+,29-21+. The van der Waals surface area contributed by atoms with Gasteiger partial charge in [-0.15, -0.1) is 0 Å². The van der Waals surface area contributed by atoms with Crippen molar-refractivity contribution in [2.45, 2.75) is 122 Å². The van der Waals surface area contributed by atoms with E-state index in [-0.39, 0.29) is 80.9 Å². The van der Waals surface area contributed by atoms with E-state index in [9.17, 15) is 45.0 Å². The highest BCUT2D eigenvalue weighted by Gasteiger charge is 2.20. The summed E-state index contributed by atoms with van der Waals surface area (Å²) < 4.78 is 10.5. The molecular weight excluding hydrogens is 608 g/mol. The molecule has 0 aromatic carbocycles. The van der Waals surface area contributed by atoms with E-state index < -0.39 is 42.3 Å². The minimum atomic E-state index is -1.44. The van der Waals surface area contributed by atoms with Gasteiger partial charge in [0.2, 0.25) is 11.8 Å². The second kappa shape index (κ2) is 25.5. The summed E-state index contributed by atoms with van der Waals surface area (Å²) in [7, 11) is 0. The molecule has 0 aliphatic rings. The van der Waals surface area contributed by atoms with Gasteiger partial charge in [-0.1, -0.05) is 0 Å². The van der Waals surface area contributed by atoms with E-state index in [2.05, 4.69) is 10.6 Å². The highest BCUT2D eigenvalue weighted by molar-refractivity contribution is 5.87. The molecule has 46 heavy (non-hydrogen) atoms. The number of ketones is 1. The van der Waals surface area contributed by atoms with Crippen molar-refractivity contribution in [1.29, 1.82) is 0 Å². The van der Waals surface area contributed by atoms with Crippen molar-refractivity contribution in [2.75, 3.05) is 33.0 Å². The number of carbonyl (C=O) groups is 3. The average molecular weight is 665 g/mol. The largest absolute Gasteiger partial charge is 0.509 e. The van der Waals surface area contributed by atoms with Crippen molar-refractivity contribution in [3.63, 3.8) is 0 Å². The number of rotatable bonds is 27. The quantitative estimate of drug-likeness (QED) is 0.0327. The van der Waals surface area contributed by atoms with Gasteiger partial charge in [-0.05, 0) is 65.7 Å². The lowest BCUT2D eigenvalue weighted by Crippen LogP contribution is -2.39. The van der Waals surface area contributed by atoms with Gasteiger partial charge in [-0.2, -0.15) is 0 Å². The second-order valence-corrected chi connectivity index (χ2v) is 11.1. The molecule has 2 amide bonds. The van der Waals surface area contributed by atoms with Crippen LogP contribution in [-0.2, 0) is 23.9 Å². The minimum Gasteiger partial charge on any atom is -0.509 e. The van der Waals surface area contributed by atoms with Crippen LogP contribution in [0.25, 0.3) is 0 Å². The summed E-state index contributed by atoms with van der Waals surface area (Å²) in [5.41, 5.74) is 0.0763. The Morgan fingerprint density at radius 2 is 1.09 bits per heavy atom. The van der Waals surface area contributed by atoms with E-state index in [0.29, 0.717) is 51.5 Å². The lowest BCUT2D eigenvalue weighted by atomic mass is 10.1. The Hall–Kier alpha value is -2.63. The van der Waals surface area contributed by atoms with Crippen LogP contribution in [-0.4, -0.2) is 122 Å². The van der Waals surface area contributed by atoms with Gasteiger partial charge in [-0.25, -0.2) is 0 Å². The normalized spacial score (nSPS) is 16.0. The number of amides is 2. The van der Waals surface area contributed by atoms with Gasteiger partial charge in [-0.3, -0.25) is 14.4 Å². The second-order valence-electron chi connectivity index (χ2n) is 11.1. The molecule has 0 heterocycles. The van der Waals surface area contributed by atoms with Gasteiger partial charge >= 0.3 is 0 Å². The van der Waals surface area contributed by atoms with Crippen LogP contribution >= 0.6 is 0 Å². The predicted octanol–water partition coefficient (Wildman–Crippen LogP) is 0.508. The van der Waals surface area contributed by atoms with Gasteiger partial charge in [0.05, 0.1) is 19.3 Å². The predicted molar refractivity (Wildman–Crippen MR) is 167 cm³/mol. The number of hydrogen-bond donors (Lipinski definition) is 10. The Bertz CT molecular complexity index is 957. The summed E-state index contributed by atoms with van der Waals surface area (Å²) in [6.45, 7) is 4.17. The van der Waals surface area contributed by atoms with Crippen molar-refractivity contribution < 1.29 is 64.7 Å². The van der Waals surface area contributed by atoms with Crippen LogP contribution in [0.5, 0.6) is 0 Å². The zero-order valence-corrected chi connectivity index (χ0v) is 27.3. The third-order valence-electron chi connectivity index (χ3n) is 7.20. The van der Waals surface area contributed by atoms with Gasteiger partial charge in [0.25, 0.3) is 0 Å². The highest BCUT2D eigenvalue weighted by Crippen LogP contribution is 2.15. The molecule has 5 unspecified atom stereocenters. The molecule has 0 rings (SSSR count). The summed E-state index contributed by atoms with van der Waals surface area (Å²) in [6, 6.07) is -0.643. The maximum absolute atomic E-state index is 12.3. The van der Waals surface area contributed by atoms with Crippen LogP contribution in [0.4, 0.5) is 0 Å². The lowest BCUT2D eigenvalue weighted by molar-refractivity contribution is -0.127. The molecule has 0 aliphatic carbocycles. The van der Waals surface area contributed by atoms with E-state index in [1.54, 1.807) is 0 Å². The van der Waals surface area contributed by atoms with Gasteiger partial charge in [0, 0.05) is 56.6 Å². The zero-order chi connectivity index (χ0) is 35.1. The van der Waals surface area contributed by atoms with Crippen LogP contribution in [0, 0.1) is 0 Å². The van der Waals surface area contributed by atoms with Crippen molar-refractivity contribution >= 4 is 17.6 Å². The number of Topliss-reactive ketones (excluding diaryl/α,β-unsaturated/α-hetero) is 1. The van der Waals surface area contributed by atoms with Gasteiger partial charge in [0.15, 0.2) is 18.4 Å². The number of nitrogens with one attached hydrogen (secondary N) is 2. The first kappa shape index (κ1) is 43.4. The number of aliphatic hydroxyl groups excluding tert-OH is 8. The topological polar surface area (TPSA) is 256 Å². The first-order chi connectivity index (χ1) is 21.8. The van der Waals surface area contributed by atoms with Crippen LogP contribution < -0.4 is 10.6 Å². The summed E-state index contributed by atoms with van der Waals surface area (Å²) in [4.78, 5) is 36.4. The maximum atomic E-state index is 12.3. The zero-order valence-electron chi connectivity index (χ0n) is 27.3. The van der Waals surface area contributed by atoms with E-state index in [4.69, 9.17) is 19.7 Å². The van der Waals surface area contributed by atoms with Crippen molar-refractivity contribution in [3.05, 3.63) is 22.7 Å². The molecule has 0 spiro atoms. The molecule has 0 aromatic heterocycles. The number of unbranched alkanes of at least 4 members (excludes halogenated alkanes) is 3. The first-order valence-electron chi connectivity index (χ1n) is 15.8. The molecule has 0 fully saturated rings. The highest BCUT2D eigenvalue weighted by atomic mass is 16.6. The third-order valence-corrected chi connectivity index (χ3v) is 7.20. The molecule has 0 bridgehead atoms.